The predicted octanol–water partition coefficient (Wildman–Crippen LogP) is 4.07. The zero-order valence-electron chi connectivity index (χ0n) is 13.1. The highest BCUT2D eigenvalue weighted by Crippen LogP contribution is 2.09. The summed E-state index contributed by atoms with van der Waals surface area (Å²) in [6, 6.07) is 12.4. The van der Waals surface area contributed by atoms with Crippen molar-refractivity contribution in [2.75, 3.05) is 6.54 Å². The number of hydrogen-bond donors (Lipinski definition) is 1. The molecule has 0 saturated carbocycles. The monoisotopic (exact) mass is 284 g/mol. The molecule has 0 amide bonds. The third-order valence-electron chi connectivity index (χ3n) is 3.14. The Hall–Kier alpha value is -1.87. The molecule has 0 bridgehead atoms. The van der Waals surface area contributed by atoms with Gasteiger partial charge in [0.25, 0.3) is 0 Å². The first-order valence-corrected chi connectivity index (χ1v) is 7.51. The maximum absolute atomic E-state index is 5.33. The molecule has 1 aromatic carbocycles. The van der Waals surface area contributed by atoms with Gasteiger partial charge in [-0.3, -0.25) is 0 Å². The van der Waals surface area contributed by atoms with Crippen molar-refractivity contribution in [2.24, 2.45) is 5.92 Å². The molecule has 0 fully saturated rings. The van der Waals surface area contributed by atoms with E-state index in [0.717, 1.165) is 24.4 Å². The van der Waals surface area contributed by atoms with E-state index in [1.165, 1.54) is 11.1 Å². The summed E-state index contributed by atoms with van der Waals surface area (Å²) in [5.41, 5.74) is 3.57. The number of nitrogens with one attached hydrogen (secondary N) is 1. The fourth-order valence-electron chi connectivity index (χ4n) is 2.22. The highest BCUT2D eigenvalue weighted by atomic mass is 16.5. The lowest BCUT2D eigenvalue weighted by atomic mass is 10.1. The molecule has 0 aliphatic carbocycles. The minimum Gasteiger partial charge on any atom is -0.360 e. The smallest absolute Gasteiger partial charge is 0.150 e. The van der Waals surface area contributed by atoms with Crippen molar-refractivity contribution in [1.29, 1.82) is 0 Å². The van der Waals surface area contributed by atoms with E-state index in [0.29, 0.717) is 12.5 Å². The summed E-state index contributed by atoms with van der Waals surface area (Å²) in [5.74, 6) is 1.50. The summed E-state index contributed by atoms with van der Waals surface area (Å²) in [6.45, 7) is 8.05. The SMILES string of the molecule is C/C(=C\c1ccccc1)CNCc1cc(CC(C)C)no1. The van der Waals surface area contributed by atoms with E-state index in [-0.39, 0.29) is 0 Å². The van der Waals surface area contributed by atoms with Crippen LogP contribution in [0.25, 0.3) is 6.08 Å². The summed E-state index contributed by atoms with van der Waals surface area (Å²) >= 11 is 0. The van der Waals surface area contributed by atoms with Crippen molar-refractivity contribution >= 4 is 6.08 Å². The Bertz CT molecular complexity index is 570. The van der Waals surface area contributed by atoms with Crippen LogP contribution in [0.5, 0.6) is 0 Å². The molecule has 21 heavy (non-hydrogen) atoms. The Labute approximate surface area is 127 Å². The average Bonchev–Trinajstić information content (AvgIpc) is 2.86. The van der Waals surface area contributed by atoms with E-state index in [1.54, 1.807) is 0 Å². The second-order valence-corrected chi connectivity index (χ2v) is 5.89. The van der Waals surface area contributed by atoms with Crippen LogP contribution in [-0.2, 0) is 13.0 Å². The van der Waals surface area contributed by atoms with E-state index < -0.39 is 0 Å². The first-order chi connectivity index (χ1) is 10.1. The first-order valence-electron chi connectivity index (χ1n) is 7.51. The van der Waals surface area contributed by atoms with Crippen molar-refractivity contribution in [3.05, 3.63) is 59.0 Å². The van der Waals surface area contributed by atoms with Crippen molar-refractivity contribution in [2.45, 2.75) is 33.7 Å². The van der Waals surface area contributed by atoms with Gasteiger partial charge >= 0.3 is 0 Å². The summed E-state index contributed by atoms with van der Waals surface area (Å²) in [5, 5.41) is 7.48. The Morgan fingerprint density at radius 1 is 1.29 bits per heavy atom. The van der Waals surface area contributed by atoms with Crippen LogP contribution in [0.15, 0.2) is 46.5 Å². The predicted molar refractivity (Wildman–Crippen MR) is 86.8 cm³/mol. The number of benzene rings is 1. The molecular formula is C18H24N2O. The summed E-state index contributed by atoms with van der Waals surface area (Å²) in [7, 11) is 0. The van der Waals surface area contributed by atoms with Crippen molar-refractivity contribution < 1.29 is 4.52 Å². The fourth-order valence-corrected chi connectivity index (χ4v) is 2.22. The molecule has 1 heterocycles. The van der Waals surface area contributed by atoms with Crippen molar-refractivity contribution in [3.8, 4) is 0 Å². The molecule has 0 spiro atoms. The number of hydrogen-bond acceptors (Lipinski definition) is 3. The number of aromatic nitrogens is 1. The zero-order chi connectivity index (χ0) is 15.1. The highest BCUT2D eigenvalue weighted by molar-refractivity contribution is 5.52. The summed E-state index contributed by atoms with van der Waals surface area (Å²) in [6.07, 6.45) is 3.16. The Balaban J connectivity index is 1.78. The van der Waals surface area contributed by atoms with Crippen LogP contribution in [-0.4, -0.2) is 11.7 Å². The van der Waals surface area contributed by atoms with Crippen LogP contribution in [0.1, 0.15) is 37.8 Å². The van der Waals surface area contributed by atoms with Crippen LogP contribution >= 0.6 is 0 Å². The molecule has 2 aromatic rings. The van der Waals surface area contributed by atoms with Gasteiger partial charge in [0.05, 0.1) is 12.2 Å². The second-order valence-electron chi connectivity index (χ2n) is 5.89. The lowest BCUT2D eigenvalue weighted by Crippen LogP contribution is -2.15. The molecule has 0 aliphatic rings. The minimum absolute atomic E-state index is 0.604. The molecule has 1 N–H and O–H groups in total. The van der Waals surface area contributed by atoms with Gasteiger partial charge < -0.3 is 9.84 Å². The average molecular weight is 284 g/mol. The first kappa shape index (κ1) is 15.5. The van der Waals surface area contributed by atoms with Gasteiger partial charge in [0, 0.05) is 12.6 Å². The number of rotatable bonds is 7. The minimum atomic E-state index is 0.604. The van der Waals surface area contributed by atoms with E-state index in [2.05, 4.69) is 61.6 Å². The molecule has 0 unspecified atom stereocenters. The highest BCUT2D eigenvalue weighted by Gasteiger charge is 2.05. The Morgan fingerprint density at radius 3 is 2.76 bits per heavy atom. The molecule has 2 rings (SSSR count). The van der Waals surface area contributed by atoms with Gasteiger partial charge in [-0.1, -0.05) is 61.0 Å². The van der Waals surface area contributed by atoms with Gasteiger partial charge in [0.1, 0.15) is 0 Å². The second kappa shape index (κ2) is 7.79. The molecule has 0 aliphatic heterocycles. The van der Waals surface area contributed by atoms with Crippen LogP contribution in [0.4, 0.5) is 0 Å². The van der Waals surface area contributed by atoms with E-state index >= 15 is 0 Å². The Morgan fingerprint density at radius 2 is 2.05 bits per heavy atom. The standard InChI is InChI=1S/C18H24N2O/c1-14(2)9-17-11-18(21-20-17)13-19-12-15(3)10-16-7-5-4-6-8-16/h4-8,10-11,14,19H,9,12-13H2,1-3H3/b15-10+. The molecule has 0 saturated heterocycles. The molecule has 1 aromatic heterocycles. The van der Waals surface area contributed by atoms with Gasteiger partial charge in [-0.2, -0.15) is 0 Å². The van der Waals surface area contributed by atoms with Crippen molar-refractivity contribution in [3.63, 3.8) is 0 Å². The van der Waals surface area contributed by atoms with E-state index in [4.69, 9.17) is 4.52 Å². The Kier molecular flexibility index (Phi) is 5.76. The summed E-state index contributed by atoms with van der Waals surface area (Å²) < 4.78 is 5.33. The topological polar surface area (TPSA) is 38.1 Å². The third-order valence-corrected chi connectivity index (χ3v) is 3.14. The fraction of sp³-hybridized carbons (Fsp3) is 0.389. The van der Waals surface area contributed by atoms with Gasteiger partial charge in [-0.25, -0.2) is 0 Å². The van der Waals surface area contributed by atoms with Gasteiger partial charge in [0.15, 0.2) is 5.76 Å². The molecule has 0 atom stereocenters. The van der Waals surface area contributed by atoms with Crippen molar-refractivity contribution in [1.82, 2.24) is 10.5 Å². The molecular weight excluding hydrogens is 260 g/mol. The maximum Gasteiger partial charge on any atom is 0.150 e. The quantitative estimate of drug-likeness (QED) is 0.833. The van der Waals surface area contributed by atoms with Gasteiger partial charge in [-0.15, -0.1) is 0 Å². The van der Waals surface area contributed by atoms with E-state index in [9.17, 15) is 0 Å². The van der Waals surface area contributed by atoms with Crippen LogP contribution in [0.3, 0.4) is 0 Å². The number of nitrogens with zero attached hydrogens (tertiary/aromatic N) is 1. The van der Waals surface area contributed by atoms with Crippen LogP contribution in [0.2, 0.25) is 0 Å². The van der Waals surface area contributed by atoms with Gasteiger partial charge in [-0.05, 0) is 24.8 Å². The third kappa shape index (κ3) is 5.56. The largest absolute Gasteiger partial charge is 0.360 e. The lowest BCUT2D eigenvalue weighted by molar-refractivity contribution is 0.367. The van der Waals surface area contributed by atoms with Gasteiger partial charge in [0.2, 0.25) is 0 Å². The van der Waals surface area contributed by atoms with Crippen LogP contribution in [0, 0.1) is 5.92 Å². The summed E-state index contributed by atoms with van der Waals surface area (Å²) in [4.78, 5) is 0. The maximum atomic E-state index is 5.33. The van der Waals surface area contributed by atoms with Crippen LogP contribution < -0.4 is 5.32 Å². The zero-order valence-corrected chi connectivity index (χ0v) is 13.1. The lowest BCUT2D eigenvalue weighted by Gasteiger charge is -2.03. The molecule has 3 heteroatoms. The molecule has 3 nitrogen and oxygen atoms in total. The van der Waals surface area contributed by atoms with E-state index in [1.807, 2.05) is 12.1 Å². The normalized spacial score (nSPS) is 12.1. The molecule has 0 radical (unpaired) electrons. The molecule has 112 valence electrons.